The highest BCUT2D eigenvalue weighted by molar-refractivity contribution is 6.31. The molecule has 1 fully saturated rings. The minimum atomic E-state index is -0.749. The molecule has 0 bridgehead atoms. The summed E-state index contributed by atoms with van der Waals surface area (Å²) in [6.07, 6.45) is 0. The average Bonchev–Trinajstić information content (AvgIpc) is 2.82. The third kappa shape index (κ3) is 2.40. The molecule has 0 aromatic heterocycles. The van der Waals surface area contributed by atoms with Gasteiger partial charge in [0.15, 0.2) is 0 Å². The molecule has 112 valence electrons. The number of ether oxygens (including phenoxy) is 1. The second-order valence-corrected chi connectivity index (χ2v) is 5.23. The van der Waals surface area contributed by atoms with Crippen molar-refractivity contribution in [2.24, 2.45) is 0 Å². The summed E-state index contributed by atoms with van der Waals surface area (Å²) in [5, 5.41) is 2.79. The molecule has 6 heteroatoms. The Morgan fingerprint density at radius 3 is 2.55 bits per heavy atom. The second-order valence-electron chi connectivity index (χ2n) is 4.79. The Balaban J connectivity index is 2.13. The molecule has 0 radical (unpaired) electrons. The van der Waals surface area contributed by atoms with Crippen molar-refractivity contribution in [2.45, 2.75) is 6.04 Å². The fourth-order valence-corrected chi connectivity index (χ4v) is 2.67. The third-order valence-electron chi connectivity index (χ3n) is 3.47. The van der Waals surface area contributed by atoms with Crippen molar-refractivity contribution < 1.29 is 14.3 Å². The molecule has 0 aliphatic carbocycles. The number of nitrogens with one attached hydrogen (secondary N) is 1. The number of benzene rings is 2. The van der Waals surface area contributed by atoms with E-state index >= 15 is 0 Å². The lowest BCUT2D eigenvalue weighted by molar-refractivity contribution is -0.119. The number of methoxy groups -OCH3 is 1. The normalized spacial score (nSPS) is 17.5. The molecular weight excluding hydrogens is 304 g/mol. The van der Waals surface area contributed by atoms with Crippen LogP contribution in [0.5, 0.6) is 5.75 Å². The number of urea groups is 1. The Morgan fingerprint density at radius 2 is 1.86 bits per heavy atom. The van der Waals surface area contributed by atoms with Gasteiger partial charge in [-0.3, -0.25) is 15.0 Å². The van der Waals surface area contributed by atoms with E-state index in [1.807, 2.05) is 18.2 Å². The Morgan fingerprint density at radius 1 is 1.14 bits per heavy atom. The van der Waals surface area contributed by atoms with Crippen LogP contribution in [-0.2, 0) is 4.79 Å². The molecule has 1 saturated heterocycles. The van der Waals surface area contributed by atoms with Gasteiger partial charge in [-0.15, -0.1) is 0 Å². The number of carbonyl (C=O) groups is 2. The van der Waals surface area contributed by atoms with Gasteiger partial charge in [-0.05, 0) is 23.8 Å². The van der Waals surface area contributed by atoms with Crippen molar-refractivity contribution in [3.05, 3.63) is 59.1 Å². The highest BCUT2D eigenvalue weighted by Gasteiger charge is 2.41. The Hall–Kier alpha value is -2.53. The van der Waals surface area contributed by atoms with Crippen molar-refractivity contribution in [3.63, 3.8) is 0 Å². The molecule has 22 heavy (non-hydrogen) atoms. The highest BCUT2D eigenvalue weighted by atomic mass is 35.5. The monoisotopic (exact) mass is 316 g/mol. The van der Waals surface area contributed by atoms with Crippen molar-refractivity contribution in [2.75, 3.05) is 12.0 Å². The molecule has 1 aliphatic heterocycles. The molecule has 0 spiro atoms. The average molecular weight is 317 g/mol. The number of halogens is 1. The molecule has 0 saturated carbocycles. The molecular formula is C16H13ClN2O3. The number of nitrogens with zero attached hydrogens (tertiary/aromatic N) is 1. The fourth-order valence-electron chi connectivity index (χ4n) is 2.50. The van der Waals surface area contributed by atoms with Crippen molar-refractivity contribution >= 4 is 29.2 Å². The largest absolute Gasteiger partial charge is 0.495 e. The van der Waals surface area contributed by atoms with E-state index in [0.717, 1.165) is 0 Å². The van der Waals surface area contributed by atoms with E-state index in [4.69, 9.17) is 16.3 Å². The van der Waals surface area contributed by atoms with Crippen molar-refractivity contribution in [1.29, 1.82) is 0 Å². The predicted octanol–water partition coefficient (Wildman–Crippen LogP) is 3.15. The SMILES string of the molecule is COc1ccc(Cl)cc1N1C(=O)NC(=O)C1c1ccccc1. The molecule has 1 unspecified atom stereocenters. The summed E-state index contributed by atoms with van der Waals surface area (Å²) < 4.78 is 5.29. The van der Waals surface area contributed by atoms with E-state index in [-0.39, 0.29) is 5.91 Å². The minimum Gasteiger partial charge on any atom is -0.495 e. The van der Waals surface area contributed by atoms with Gasteiger partial charge in [0.25, 0.3) is 5.91 Å². The summed E-state index contributed by atoms with van der Waals surface area (Å²) in [7, 11) is 1.50. The topological polar surface area (TPSA) is 58.6 Å². The Kier molecular flexibility index (Phi) is 3.73. The second kappa shape index (κ2) is 5.69. The first-order valence-corrected chi connectivity index (χ1v) is 7.02. The van der Waals surface area contributed by atoms with E-state index in [9.17, 15) is 9.59 Å². The molecule has 2 aromatic rings. The van der Waals surface area contributed by atoms with Crippen LogP contribution in [0.4, 0.5) is 10.5 Å². The maximum atomic E-state index is 12.2. The quantitative estimate of drug-likeness (QED) is 0.885. The zero-order chi connectivity index (χ0) is 15.7. The summed E-state index contributed by atoms with van der Waals surface area (Å²) in [5.74, 6) is 0.0911. The first kappa shape index (κ1) is 14.4. The van der Waals surface area contributed by atoms with Crippen molar-refractivity contribution in [3.8, 4) is 5.75 Å². The lowest BCUT2D eigenvalue weighted by atomic mass is 10.1. The number of amides is 3. The molecule has 2 aromatic carbocycles. The number of hydrogen-bond acceptors (Lipinski definition) is 3. The predicted molar refractivity (Wildman–Crippen MR) is 83.2 cm³/mol. The van der Waals surface area contributed by atoms with Crippen LogP contribution in [-0.4, -0.2) is 19.0 Å². The Labute approximate surface area is 132 Å². The van der Waals surface area contributed by atoms with Gasteiger partial charge < -0.3 is 4.74 Å². The molecule has 5 nitrogen and oxygen atoms in total. The van der Waals surface area contributed by atoms with Gasteiger partial charge in [-0.2, -0.15) is 0 Å². The fraction of sp³-hybridized carbons (Fsp3) is 0.125. The maximum Gasteiger partial charge on any atom is 0.329 e. The van der Waals surface area contributed by atoms with Gasteiger partial charge in [0.2, 0.25) is 0 Å². The van der Waals surface area contributed by atoms with Gasteiger partial charge >= 0.3 is 6.03 Å². The summed E-state index contributed by atoms with van der Waals surface area (Å²) in [4.78, 5) is 25.8. The lowest BCUT2D eigenvalue weighted by Crippen LogP contribution is -2.30. The number of imide groups is 1. The number of hydrogen-bond donors (Lipinski definition) is 1. The number of carbonyl (C=O) groups excluding carboxylic acids is 2. The van der Waals surface area contributed by atoms with Crippen LogP contribution < -0.4 is 15.0 Å². The van der Waals surface area contributed by atoms with E-state index in [0.29, 0.717) is 22.0 Å². The third-order valence-corrected chi connectivity index (χ3v) is 3.71. The molecule has 1 N–H and O–H groups in total. The van der Waals surface area contributed by atoms with Crippen LogP contribution in [0, 0.1) is 0 Å². The minimum absolute atomic E-state index is 0.377. The van der Waals surface area contributed by atoms with Gasteiger partial charge in [0.05, 0.1) is 12.8 Å². The smallest absolute Gasteiger partial charge is 0.329 e. The van der Waals surface area contributed by atoms with E-state index in [1.54, 1.807) is 30.3 Å². The summed E-state index contributed by atoms with van der Waals surface area (Å²) in [6, 6.07) is 12.8. The van der Waals surface area contributed by atoms with Gasteiger partial charge in [0, 0.05) is 5.02 Å². The number of rotatable bonds is 3. The molecule has 3 rings (SSSR count). The lowest BCUT2D eigenvalue weighted by Gasteiger charge is -2.24. The van der Waals surface area contributed by atoms with Crippen LogP contribution in [0.2, 0.25) is 5.02 Å². The zero-order valence-electron chi connectivity index (χ0n) is 11.7. The summed E-state index contributed by atoms with van der Waals surface area (Å²) in [5.41, 5.74) is 1.17. The van der Waals surface area contributed by atoms with E-state index in [1.165, 1.54) is 12.0 Å². The highest BCUT2D eigenvalue weighted by Crippen LogP contribution is 2.38. The first-order valence-electron chi connectivity index (χ1n) is 6.64. The zero-order valence-corrected chi connectivity index (χ0v) is 12.5. The molecule has 3 amide bonds. The van der Waals surface area contributed by atoms with Crippen LogP contribution in [0.3, 0.4) is 0 Å². The van der Waals surface area contributed by atoms with E-state index < -0.39 is 12.1 Å². The molecule has 1 heterocycles. The van der Waals surface area contributed by atoms with Crippen LogP contribution in [0.15, 0.2) is 48.5 Å². The molecule has 1 atom stereocenters. The van der Waals surface area contributed by atoms with Crippen LogP contribution in [0.25, 0.3) is 0 Å². The van der Waals surface area contributed by atoms with E-state index in [2.05, 4.69) is 5.32 Å². The van der Waals surface area contributed by atoms with Crippen molar-refractivity contribution in [1.82, 2.24) is 5.32 Å². The number of anilines is 1. The van der Waals surface area contributed by atoms with Crippen LogP contribution >= 0.6 is 11.6 Å². The van der Waals surface area contributed by atoms with Gasteiger partial charge in [-0.1, -0.05) is 41.9 Å². The van der Waals surface area contributed by atoms with Gasteiger partial charge in [-0.25, -0.2) is 4.79 Å². The molecule has 1 aliphatic rings. The van der Waals surface area contributed by atoms with Crippen LogP contribution in [0.1, 0.15) is 11.6 Å². The summed E-state index contributed by atoms with van der Waals surface area (Å²) >= 11 is 6.03. The van der Waals surface area contributed by atoms with Gasteiger partial charge in [0.1, 0.15) is 11.8 Å². The first-order chi connectivity index (χ1) is 10.6. The Bertz CT molecular complexity index is 733. The maximum absolute atomic E-state index is 12.2. The summed E-state index contributed by atoms with van der Waals surface area (Å²) in [6.45, 7) is 0. The standard InChI is InChI=1S/C16H13ClN2O3/c1-22-13-8-7-11(17)9-12(13)19-14(15(20)18-16(19)21)10-5-3-2-4-6-10/h2-9,14H,1H3,(H,18,20,21).